The molecule has 19 heteroatoms. The van der Waals surface area contributed by atoms with Gasteiger partial charge < -0.3 is 35.8 Å². The number of carbonyl (C=O) groups excluding carboxylic acids is 1. The Morgan fingerprint density at radius 1 is 0.719 bits per heavy atom. The summed E-state index contributed by atoms with van der Waals surface area (Å²) in [4.78, 5) is 31.5. The quantitative estimate of drug-likeness (QED) is 0.101. The van der Waals surface area contributed by atoms with E-state index in [1.54, 1.807) is 19.4 Å². The zero-order valence-corrected chi connectivity index (χ0v) is 32.1. The SMILES string of the molecule is COc1cnc(C2CC2)cc1CN.COc1cnc(C2CC2)cc1CNC(=O)C(O)(c1ccccc1)C(F)(F)F.Cl.Cl.O=C(O)C(O)(c1ccccc1)C(F)(F)F. The number of aliphatic hydroxyl groups is 2. The number of ether oxygens (including phenoxy) is 2. The number of aliphatic carboxylic acids is 1. The van der Waals surface area contributed by atoms with E-state index >= 15 is 0 Å². The Labute approximate surface area is 336 Å². The monoisotopic (exact) mass is 850 g/mol. The molecule has 1 amide bonds. The summed E-state index contributed by atoms with van der Waals surface area (Å²) < 4.78 is 88.2. The number of nitrogens with one attached hydrogen (secondary N) is 1. The van der Waals surface area contributed by atoms with E-state index in [0.717, 1.165) is 54.1 Å². The molecule has 0 bridgehead atoms. The van der Waals surface area contributed by atoms with Crippen LogP contribution in [0.3, 0.4) is 0 Å². The molecular formula is C38H42Cl2F6N4O7. The molecule has 2 fully saturated rings. The van der Waals surface area contributed by atoms with E-state index in [0.29, 0.717) is 29.7 Å². The summed E-state index contributed by atoms with van der Waals surface area (Å²) in [5.41, 5.74) is 0.384. The first-order valence-corrected chi connectivity index (χ1v) is 16.9. The van der Waals surface area contributed by atoms with E-state index in [2.05, 4.69) is 21.4 Å². The molecule has 2 aromatic heterocycles. The van der Waals surface area contributed by atoms with Crippen LogP contribution in [0.4, 0.5) is 26.3 Å². The molecule has 2 saturated carbocycles. The maximum atomic E-state index is 13.5. The van der Waals surface area contributed by atoms with Gasteiger partial charge in [-0.2, -0.15) is 26.3 Å². The van der Waals surface area contributed by atoms with E-state index in [-0.39, 0.29) is 31.4 Å². The van der Waals surface area contributed by atoms with Gasteiger partial charge in [-0.3, -0.25) is 14.8 Å². The van der Waals surface area contributed by atoms with Crippen LogP contribution >= 0.6 is 24.8 Å². The molecule has 0 saturated heterocycles. The molecule has 312 valence electrons. The lowest BCUT2D eigenvalue weighted by Gasteiger charge is -2.29. The molecule has 4 aromatic rings. The van der Waals surface area contributed by atoms with E-state index in [1.807, 2.05) is 0 Å². The number of alkyl halides is 6. The molecule has 11 nitrogen and oxygen atoms in total. The molecular weight excluding hydrogens is 809 g/mol. The predicted octanol–water partition coefficient (Wildman–Crippen LogP) is 6.82. The van der Waals surface area contributed by atoms with Crippen LogP contribution in [-0.2, 0) is 33.9 Å². The van der Waals surface area contributed by atoms with Crippen LogP contribution in [0.5, 0.6) is 11.5 Å². The van der Waals surface area contributed by atoms with Gasteiger partial charge in [0.15, 0.2) is 0 Å². The second kappa shape index (κ2) is 20.1. The number of carboxylic acids is 1. The lowest BCUT2D eigenvalue weighted by Crippen LogP contribution is -2.54. The number of pyridine rings is 2. The summed E-state index contributed by atoms with van der Waals surface area (Å²) >= 11 is 0. The molecule has 2 heterocycles. The van der Waals surface area contributed by atoms with Crippen LogP contribution in [-0.4, -0.2) is 63.7 Å². The van der Waals surface area contributed by atoms with E-state index in [4.69, 9.17) is 20.3 Å². The van der Waals surface area contributed by atoms with Gasteiger partial charge >= 0.3 is 18.3 Å². The van der Waals surface area contributed by atoms with Gasteiger partial charge in [0.2, 0.25) is 0 Å². The number of nitrogens with zero attached hydrogens (tertiary/aromatic N) is 2. The van der Waals surface area contributed by atoms with Crippen molar-refractivity contribution >= 4 is 36.7 Å². The minimum atomic E-state index is -5.26. The summed E-state index contributed by atoms with van der Waals surface area (Å²) in [5.74, 6) is -1.73. The maximum Gasteiger partial charge on any atom is 0.432 e. The minimum Gasteiger partial charge on any atom is -0.495 e. The van der Waals surface area contributed by atoms with Crippen LogP contribution in [0.1, 0.15) is 71.2 Å². The van der Waals surface area contributed by atoms with Crippen molar-refractivity contribution in [1.29, 1.82) is 0 Å². The van der Waals surface area contributed by atoms with Gasteiger partial charge in [0.1, 0.15) is 11.5 Å². The minimum absolute atomic E-state index is 0. The van der Waals surface area contributed by atoms with E-state index in [1.165, 1.54) is 68.2 Å². The molecule has 2 aliphatic carbocycles. The van der Waals surface area contributed by atoms with E-state index < -0.39 is 46.6 Å². The highest BCUT2D eigenvalue weighted by Gasteiger charge is 2.62. The maximum absolute atomic E-state index is 13.5. The van der Waals surface area contributed by atoms with Crippen LogP contribution in [0.25, 0.3) is 0 Å². The number of hydrogen-bond acceptors (Lipinski definition) is 9. The van der Waals surface area contributed by atoms with Gasteiger partial charge in [0.25, 0.3) is 17.1 Å². The van der Waals surface area contributed by atoms with Gasteiger partial charge in [-0.15, -0.1) is 24.8 Å². The topological polar surface area (TPSA) is 177 Å². The molecule has 0 aliphatic heterocycles. The summed E-state index contributed by atoms with van der Waals surface area (Å²) in [6.07, 6.45) is -2.63. The number of aromatic nitrogens is 2. The molecule has 2 atom stereocenters. The Kier molecular flexibility index (Phi) is 17.1. The molecule has 0 spiro atoms. The summed E-state index contributed by atoms with van der Waals surface area (Å²) in [5, 5.41) is 30.1. The first kappa shape index (κ1) is 48.5. The highest BCUT2D eigenvalue weighted by Crippen LogP contribution is 2.42. The number of carbonyl (C=O) groups is 2. The van der Waals surface area contributed by atoms with Crippen LogP contribution in [0, 0.1) is 0 Å². The zero-order chi connectivity index (χ0) is 40.6. The summed E-state index contributed by atoms with van der Waals surface area (Å²) in [7, 11) is 3.06. The van der Waals surface area contributed by atoms with Crippen molar-refractivity contribution < 1.29 is 60.7 Å². The average Bonchev–Trinajstić information content (AvgIpc) is 4.11. The van der Waals surface area contributed by atoms with Crippen LogP contribution in [0.2, 0.25) is 0 Å². The third-order valence-corrected chi connectivity index (χ3v) is 8.87. The molecule has 0 radical (unpaired) electrons. The summed E-state index contributed by atoms with van der Waals surface area (Å²) in [6.45, 7) is 0.293. The van der Waals surface area contributed by atoms with Crippen molar-refractivity contribution in [3.05, 3.63) is 119 Å². The highest BCUT2D eigenvalue weighted by molar-refractivity contribution is 5.87. The van der Waals surface area contributed by atoms with Crippen molar-refractivity contribution in [2.75, 3.05) is 14.2 Å². The fourth-order valence-electron chi connectivity index (χ4n) is 5.37. The van der Waals surface area contributed by atoms with Gasteiger partial charge in [-0.1, -0.05) is 60.7 Å². The zero-order valence-electron chi connectivity index (χ0n) is 30.5. The molecule has 6 rings (SSSR count). The highest BCUT2D eigenvalue weighted by atomic mass is 35.5. The predicted molar refractivity (Wildman–Crippen MR) is 200 cm³/mol. The second-order valence-electron chi connectivity index (χ2n) is 12.7. The number of carboxylic acid groups (broad SMARTS) is 1. The van der Waals surface area contributed by atoms with Crippen molar-refractivity contribution in [2.24, 2.45) is 5.73 Å². The van der Waals surface area contributed by atoms with Gasteiger partial charge in [-0.25, -0.2) is 4.79 Å². The van der Waals surface area contributed by atoms with Crippen molar-refractivity contribution in [3.8, 4) is 11.5 Å². The third kappa shape index (κ3) is 11.5. The van der Waals surface area contributed by atoms with Crippen molar-refractivity contribution in [3.63, 3.8) is 0 Å². The van der Waals surface area contributed by atoms with Crippen molar-refractivity contribution in [1.82, 2.24) is 15.3 Å². The number of rotatable bonds is 11. The average molecular weight is 852 g/mol. The smallest absolute Gasteiger partial charge is 0.432 e. The molecule has 6 N–H and O–H groups in total. The standard InChI is InChI=1S/C19H19F3N2O3.C10H14N2O.C9H7F3O3.2ClH/c1-27-16-11-23-15(12-7-8-12)9-13(16)10-24-17(25)18(26,19(20,21)22)14-5-3-2-4-6-14;1-13-10-6-12-9(7-2-3-7)4-8(10)5-11;10-9(11,12)8(15,7(13)14)6-4-2-1-3-5-6;;/h2-6,9,11-12,26H,7-8,10H2,1H3,(H,24,25);4,6-7H,2-3,5,11H2,1H3;1-5,15H,(H,13,14);2*1H. The molecule has 57 heavy (non-hydrogen) atoms. The van der Waals surface area contributed by atoms with Gasteiger partial charge in [0, 0.05) is 58.6 Å². The normalized spacial score (nSPS) is 15.6. The Hall–Kier alpha value is -4.68. The first-order chi connectivity index (χ1) is 25.9. The number of methoxy groups -OCH3 is 2. The molecule has 2 aliphatic rings. The van der Waals surface area contributed by atoms with Crippen LogP contribution < -0.4 is 20.5 Å². The fourth-order valence-corrected chi connectivity index (χ4v) is 5.37. The number of amides is 1. The lowest BCUT2D eigenvalue weighted by atomic mass is 9.92. The number of benzene rings is 2. The fraction of sp³-hybridized carbons (Fsp3) is 0.368. The van der Waals surface area contributed by atoms with Crippen molar-refractivity contribution in [2.45, 2.75) is 74.2 Å². The Morgan fingerprint density at radius 3 is 1.46 bits per heavy atom. The number of hydrogen-bond donors (Lipinski definition) is 5. The largest absolute Gasteiger partial charge is 0.495 e. The van der Waals surface area contributed by atoms with Crippen LogP contribution in [0.15, 0.2) is 85.2 Å². The van der Waals surface area contributed by atoms with E-state index in [9.17, 15) is 46.1 Å². The van der Waals surface area contributed by atoms with Gasteiger partial charge in [-0.05, 0) is 37.8 Å². The third-order valence-electron chi connectivity index (χ3n) is 8.87. The number of halogens is 8. The first-order valence-electron chi connectivity index (χ1n) is 16.9. The Balaban J connectivity index is 0.000000317. The Morgan fingerprint density at radius 2 is 1.11 bits per heavy atom. The number of nitrogens with two attached hydrogens (primary N) is 1. The summed E-state index contributed by atoms with van der Waals surface area (Å²) in [6, 6.07) is 15.7. The van der Waals surface area contributed by atoms with Gasteiger partial charge in [0.05, 0.1) is 26.6 Å². The molecule has 2 aromatic carbocycles. The molecule has 2 unspecified atom stereocenters. The lowest BCUT2D eigenvalue weighted by molar-refractivity contribution is -0.265. The Bertz CT molecular complexity index is 1920. The second-order valence-corrected chi connectivity index (χ2v) is 12.7.